The van der Waals surface area contributed by atoms with E-state index in [1.165, 1.54) is 11.8 Å². The van der Waals surface area contributed by atoms with E-state index in [2.05, 4.69) is 0 Å². The van der Waals surface area contributed by atoms with Crippen LogP contribution in [0.25, 0.3) is 0 Å². The van der Waals surface area contributed by atoms with Gasteiger partial charge < -0.3 is 19.7 Å². The van der Waals surface area contributed by atoms with Crippen molar-refractivity contribution in [1.82, 2.24) is 0 Å². The maximum absolute atomic E-state index is 9.42. The van der Waals surface area contributed by atoms with Crippen LogP contribution in [0.3, 0.4) is 0 Å². The summed E-state index contributed by atoms with van der Waals surface area (Å²) in [5.74, 6) is 1.25. The zero-order chi connectivity index (χ0) is 10.8. The first kappa shape index (κ1) is 14.2. The molecule has 0 aliphatic heterocycles. The quantitative estimate of drug-likeness (QED) is 0.545. The molecule has 0 heterocycles. The summed E-state index contributed by atoms with van der Waals surface area (Å²) in [7, 11) is 1.62. The third kappa shape index (κ3) is 8.77. The predicted octanol–water partition coefficient (Wildman–Crippen LogP) is 0.124. The molecule has 86 valence electrons. The summed E-state index contributed by atoms with van der Waals surface area (Å²) in [6, 6.07) is 0. The van der Waals surface area contributed by atoms with Crippen LogP contribution in [0.4, 0.5) is 0 Å². The molecule has 0 amide bonds. The molecule has 0 aromatic carbocycles. The average molecular weight is 224 g/mol. The second kappa shape index (κ2) is 9.73. The molecule has 2 atom stereocenters. The number of rotatable bonds is 9. The van der Waals surface area contributed by atoms with E-state index in [9.17, 15) is 5.11 Å². The van der Waals surface area contributed by atoms with Crippen LogP contribution in [-0.2, 0) is 9.47 Å². The fraction of sp³-hybridized carbons (Fsp3) is 1.00. The van der Waals surface area contributed by atoms with E-state index in [0.717, 1.165) is 0 Å². The zero-order valence-corrected chi connectivity index (χ0v) is 9.63. The van der Waals surface area contributed by atoms with Gasteiger partial charge in [0.25, 0.3) is 0 Å². The lowest BCUT2D eigenvalue weighted by molar-refractivity contribution is -0.0257. The Morgan fingerprint density at radius 3 is 2.64 bits per heavy atom. The fourth-order valence-electron chi connectivity index (χ4n) is 0.890. The van der Waals surface area contributed by atoms with Crippen molar-refractivity contribution >= 4 is 11.8 Å². The average Bonchev–Trinajstić information content (AvgIpc) is 2.16. The van der Waals surface area contributed by atoms with Crippen LogP contribution < -0.4 is 0 Å². The number of hydrogen-bond acceptors (Lipinski definition) is 5. The molecule has 0 aromatic heterocycles. The smallest absolute Gasteiger partial charge is 0.0863 e. The van der Waals surface area contributed by atoms with Crippen molar-refractivity contribution in [3.05, 3.63) is 0 Å². The Balaban J connectivity index is 3.29. The number of methoxy groups -OCH3 is 1. The molecule has 0 aliphatic carbocycles. The lowest BCUT2D eigenvalue weighted by Gasteiger charge is -2.15. The highest BCUT2D eigenvalue weighted by Gasteiger charge is 2.07. The van der Waals surface area contributed by atoms with Crippen LogP contribution in [0.2, 0.25) is 0 Å². The van der Waals surface area contributed by atoms with Crippen LogP contribution in [0, 0.1) is 0 Å². The maximum atomic E-state index is 9.42. The third-order valence-electron chi connectivity index (χ3n) is 1.52. The van der Waals surface area contributed by atoms with Gasteiger partial charge in [0.1, 0.15) is 0 Å². The molecule has 0 spiro atoms. The van der Waals surface area contributed by atoms with Gasteiger partial charge in [0.15, 0.2) is 0 Å². The van der Waals surface area contributed by atoms with Gasteiger partial charge in [0, 0.05) is 18.6 Å². The Morgan fingerprint density at radius 2 is 2.07 bits per heavy atom. The van der Waals surface area contributed by atoms with Gasteiger partial charge in [-0.2, -0.15) is 11.8 Å². The van der Waals surface area contributed by atoms with Gasteiger partial charge in [-0.15, -0.1) is 0 Å². The Kier molecular flexibility index (Phi) is 9.87. The summed E-state index contributed by atoms with van der Waals surface area (Å²) >= 11 is 1.52. The summed E-state index contributed by atoms with van der Waals surface area (Å²) in [4.78, 5) is 0. The maximum Gasteiger partial charge on any atom is 0.0863 e. The van der Waals surface area contributed by atoms with Gasteiger partial charge in [-0.1, -0.05) is 0 Å². The monoisotopic (exact) mass is 224 g/mol. The van der Waals surface area contributed by atoms with Crippen molar-refractivity contribution in [2.75, 3.05) is 38.4 Å². The molecule has 0 aromatic rings. The predicted molar refractivity (Wildman–Crippen MR) is 57.7 cm³/mol. The highest BCUT2D eigenvalue weighted by molar-refractivity contribution is 7.99. The van der Waals surface area contributed by atoms with Crippen LogP contribution in [0.5, 0.6) is 0 Å². The molecule has 0 rings (SSSR count). The number of thioether (sulfide) groups is 1. The van der Waals surface area contributed by atoms with E-state index in [4.69, 9.17) is 14.6 Å². The Morgan fingerprint density at radius 1 is 1.36 bits per heavy atom. The molecular weight excluding hydrogens is 204 g/mol. The highest BCUT2D eigenvalue weighted by Crippen LogP contribution is 2.03. The van der Waals surface area contributed by atoms with Crippen molar-refractivity contribution in [3.63, 3.8) is 0 Å². The van der Waals surface area contributed by atoms with E-state index in [-0.39, 0.29) is 12.7 Å². The summed E-state index contributed by atoms with van der Waals surface area (Å²) in [5.41, 5.74) is 0. The molecule has 14 heavy (non-hydrogen) atoms. The number of aliphatic hydroxyl groups is 2. The molecule has 0 saturated heterocycles. The second-order valence-electron chi connectivity index (χ2n) is 3.05. The minimum atomic E-state index is -0.467. The molecule has 0 bridgehead atoms. The lowest BCUT2D eigenvalue weighted by atomic mass is 10.4. The second-order valence-corrected chi connectivity index (χ2v) is 4.20. The Hall–Kier alpha value is 0.190. The molecule has 0 radical (unpaired) electrons. The molecular formula is C9H20O4S. The van der Waals surface area contributed by atoms with E-state index < -0.39 is 6.10 Å². The minimum absolute atomic E-state index is 0.0116. The van der Waals surface area contributed by atoms with Crippen molar-refractivity contribution in [3.8, 4) is 0 Å². The van der Waals surface area contributed by atoms with E-state index >= 15 is 0 Å². The van der Waals surface area contributed by atoms with E-state index in [1.807, 2.05) is 6.92 Å². The van der Waals surface area contributed by atoms with Crippen LogP contribution in [0.15, 0.2) is 0 Å². The standard InChI is InChI=1S/C9H20O4S/c1-8(5-12-2)13-6-9(11)7-14-4-3-10/h8-11H,3-7H2,1-2H3. The first-order valence-corrected chi connectivity index (χ1v) is 5.83. The van der Waals surface area contributed by atoms with Crippen LogP contribution in [0.1, 0.15) is 6.92 Å². The number of ether oxygens (including phenoxy) is 2. The molecule has 0 aliphatic rings. The van der Waals surface area contributed by atoms with E-state index in [0.29, 0.717) is 24.7 Å². The SMILES string of the molecule is COCC(C)OCC(O)CSCCO. The van der Waals surface area contributed by atoms with Gasteiger partial charge in [-0.25, -0.2) is 0 Å². The van der Waals surface area contributed by atoms with Crippen LogP contribution >= 0.6 is 11.8 Å². The fourth-order valence-corrected chi connectivity index (χ4v) is 1.55. The zero-order valence-electron chi connectivity index (χ0n) is 8.81. The normalized spacial score (nSPS) is 15.4. The molecule has 4 nitrogen and oxygen atoms in total. The Labute approximate surface area is 89.6 Å². The third-order valence-corrected chi connectivity index (χ3v) is 2.61. The summed E-state index contributed by atoms with van der Waals surface area (Å²) in [6.45, 7) is 2.91. The van der Waals surface area contributed by atoms with Crippen molar-refractivity contribution < 1.29 is 19.7 Å². The van der Waals surface area contributed by atoms with Crippen molar-refractivity contribution in [1.29, 1.82) is 0 Å². The molecule has 2 unspecified atom stereocenters. The van der Waals surface area contributed by atoms with Crippen LogP contribution in [-0.4, -0.2) is 60.9 Å². The largest absolute Gasteiger partial charge is 0.396 e. The number of hydrogen-bond donors (Lipinski definition) is 2. The molecule has 5 heteroatoms. The molecule has 0 saturated carbocycles. The summed E-state index contributed by atoms with van der Waals surface area (Å²) in [5, 5.41) is 17.9. The van der Waals surface area contributed by atoms with Gasteiger partial charge in [-0.3, -0.25) is 0 Å². The van der Waals surface area contributed by atoms with Gasteiger partial charge in [0.2, 0.25) is 0 Å². The first-order valence-electron chi connectivity index (χ1n) is 4.68. The highest BCUT2D eigenvalue weighted by atomic mass is 32.2. The van der Waals surface area contributed by atoms with Crippen molar-refractivity contribution in [2.45, 2.75) is 19.1 Å². The topological polar surface area (TPSA) is 58.9 Å². The molecule has 2 N–H and O–H groups in total. The van der Waals surface area contributed by atoms with Gasteiger partial charge >= 0.3 is 0 Å². The summed E-state index contributed by atoms with van der Waals surface area (Å²) in [6.07, 6.45) is -0.455. The van der Waals surface area contributed by atoms with Gasteiger partial charge in [-0.05, 0) is 6.92 Å². The lowest BCUT2D eigenvalue weighted by Crippen LogP contribution is -2.24. The number of aliphatic hydroxyl groups excluding tert-OH is 2. The van der Waals surface area contributed by atoms with E-state index in [1.54, 1.807) is 7.11 Å². The summed E-state index contributed by atoms with van der Waals surface area (Å²) < 4.78 is 10.2. The molecule has 0 fully saturated rings. The Bertz CT molecular complexity index is 123. The minimum Gasteiger partial charge on any atom is -0.396 e. The van der Waals surface area contributed by atoms with Gasteiger partial charge in [0.05, 0.1) is 32.0 Å². The first-order chi connectivity index (χ1) is 6.70. The van der Waals surface area contributed by atoms with Crippen molar-refractivity contribution in [2.24, 2.45) is 0 Å².